The fourth-order valence-corrected chi connectivity index (χ4v) is 1.82. The second-order valence-corrected chi connectivity index (χ2v) is 3.66. The van der Waals surface area contributed by atoms with E-state index in [-0.39, 0.29) is 5.78 Å². The smallest absolute Gasteiger partial charge is 0.152 e. The van der Waals surface area contributed by atoms with Crippen LogP contribution in [0.1, 0.15) is 26.7 Å². The van der Waals surface area contributed by atoms with Crippen LogP contribution >= 0.6 is 0 Å². The number of methoxy groups -OCH3 is 1. The monoisotopic (exact) mass is 171 g/mol. The van der Waals surface area contributed by atoms with Gasteiger partial charge in [-0.25, -0.2) is 0 Å². The van der Waals surface area contributed by atoms with Crippen LogP contribution in [0.25, 0.3) is 0 Å². The van der Waals surface area contributed by atoms with Gasteiger partial charge in [0.25, 0.3) is 0 Å². The van der Waals surface area contributed by atoms with Crippen molar-refractivity contribution in [2.24, 2.45) is 0 Å². The first kappa shape index (κ1) is 9.68. The highest BCUT2D eigenvalue weighted by molar-refractivity contribution is 5.86. The van der Waals surface area contributed by atoms with E-state index in [4.69, 9.17) is 4.74 Å². The molecule has 12 heavy (non-hydrogen) atoms. The Morgan fingerprint density at radius 2 is 2.42 bits per heavy atom. The molecule has 0 aromatic carbocycles. The molecule has 3 nitrogen and oxygen atoms in total. The number of hydrogen-bond acceptors (Lipinski definition) is 3. The molecular formula is C9H17NO2. The maximum atomic E-state index is 11.4. The Bertz CT molecular complexity index is 177. The van der Waals surface area contributed by atoms with E-state index in [2.05, 4.69) is 12.2 Å². The van der Waals surface area contributed by atoms with E-state index in [0.717, 1.165) is 12.8 Å². The van der Waals surface area contributed by atoms with Gasteiger partial charge in [-0.3, -0.25) is 4.79 Å². The van der Waals surface area contributed by atoms with Crippen LogP contribution in [-0.2, 0) is 9.53 Å². The summed E-state index contributed by atoms with van der Waals surface area (Å²) in [5.74, 6) is 0.189. The van der Waals surface area contributed by atoms with E-state index >= 15 is 0 Å². The molecule has 3 heteroatoms. The predicted molar refractivity (Wildman–Crippen MR) is 47.1 cm³/mol. The minimum absolute atomic E-state index is 0.189. The third-order valence-corrected chi connectivity index (χ3v) is 2.59. The summed E-state index contributed by atoms with van der Waals surface area (Å²) < 4.78 is 5.06. The van der Waals surface area contributed by atoms with Crippen LogP contribution in [-0.4, -0.2) is 31.1 Å². The number of ether oxygens (including phenoxy) is 1. The van der Waals surface area contributed by atoms with Crippen molar-refractivity contribution in [1.29, 1.82) is 0 Å². The van der Waals surface area contributed by atoms with Gasteiger partial charge in [0.05, 0.1) is 6.61 Å². The zero-order chi connectivity index (χ0) is 9.19. The largest absolute Gasteiger partial charge is 0.382 e. The van der Waals surface area contributed by atoms with Crippen molar-refractivity contribution in [2.75, 3.05) is 13.7 Å². The van der Waals surface area contributed by atoms with E-state index in [0.29, 0.717) is 12.6 Å². The fourth-order valence-electron chi connectivity index (χ4n) is 1.82. The highest BCUT2D eigenvalue weighted by atomic mass is 16.5. The van der Waals surface area contributed by atoms with Gasteiger partial charge in [0, 0.05) is 13.2 Å². The van der Waals surface area contributed by atoms with Gasteiger partial charge in [-0.1, -0.05) is 0 Å². The van der Waals surface area contributed by atoms with Crippen LogP contribution in [0, 0.1) is 0 Å². The summed E-state index contributed by atoms with van der Waals surface area (Å²) in [7, 11) is 1.63. The molecule has 0 radical (unpaired) electrons. The quantitative estimate of drug-likeness (QED) is 0.680. The molecule has 1 N–H and O–H groups in total. The summed E-state index contributed by atoms with van der Waals surface area (Å²) >= 11 is 0. The third kappa shape index (κ3) is 1.67. The van der Waals surface area contributed by atoms with Crippen LogP contribution in [0.2, 0.25) is 0 Å². The molecule has 0 spiro atoms. The molecule has 1 aliphatic rings. The minimum atomic E-state index is -0.395. The average molecular weight is 171 g/mol. The first-order valence-electron chi connectivity index (χ1n) is 4.38. The van der Waals surface area contributed by atoms with Crippen molar-refractivity contribution in [1.82, 2.24) is 5.32 Å². The number of Topliss-reactive ketones (excluding diaryl/α,β-unsaturated/α-hetero) is 1. The Hall–Kier alpha value is -0.410. The number of ketones is 1. The maximum absolute atomic E-state index is 11.4. The predicted octanol–water partition coefficient (Wildman–Crippen LogP) is 0.732. The first-order valence-corrected chi connectivity index (χ1v) is 4.38. The highest BCUT2D eigenvalue weighted by Crippen LogP contribution is 2.24. The van der Waals surface area contributed by atoms with Gasteiger partial charge >= 0.3 is 0 Å². The van der Waals surface area contributed by atoms with Crippen LogP contribution in [0.5, 0.6) is 0 Å². The van der Waals surface area contributed by atoms with Gasteiger partial charge in [0.2, 0.25) is 0 Å². The SMILES string of the molecule is COCC1(C(C)=O)CCC(C)N1. The second-order valence-electron chi connectivity index (χ2n) is 3.66. The van der Waals surface area contributed by atoms with E-state index in [1.165, 1.54) is 0 Å². The topological polar surface area (TPSA) is 38.3 Å². The van der Waals surface area contributed by atoms with Gasteiger partial charge in [-0.2, -0.15) is 0 Å². The number of carbonyl (C=O) groups excluding carboxylic acids is 1. The third-order valence-electron chi connectivity index (χ3n) is 2.59. The van der Waals surface area contributed by atoms with Crippen molar-refractivity contribution in [2.45, 2.75) is 38.3 Å². The molecule has 1 fully saturated rings. The van der Waals surface area contributed by atoms with Gasteiger partial charge < -0.3 is 10.1 Å². The molecule has 1 heterocycles. The van der Waals surface area contributed by atoms with Crippen LogP contribution in [0.3, 0.4) is 0 Å². The summed E-state index contributed by atoms with van der Waals surface area (Å²) in [6.45, 7) is 4.22. The molecule has 2 atom stereocenters. The summed E-state index contributed by atoms with van der Waals surface area (Å²) in [5, 5.41) is 3.29. The summed E-state index contributed by atoms with van der Waals surface area (Å²) in [4.78, 5) is 11.4. The Kier molecular flexibility index (Phi) is 2.85. The number of hydrogen-bond donors (Lipinski definition) is 1. The van der Waals surface area contributed by atoms with E-state index in [9.17, 15) is 4.79 Å². The zero-order valence-electron chi connectivity index (χ0n) is 8.02. The number of carbonyl (C=O) groups is 1. The van der Waals surface area contributed by atoms with E-state index in [1.807, 2.05) is 0 Å². The first-order chi connectivity index (χ1) is 5.60. The lowest BCUT2D eigenvalue weighted by Crippen LogP contribution is -2.51. The molecule has 70 valence electrons. The molecule has 0 amide bonds. The molecule has 1 aliphatic heterocycles. The number of rotatable bonds is 3. The van der Waals surface area contributed by atoms with Crippen LogP contribution in [0.15, 0.2) is 0 Å². The molecule has 0 aromatic rings. The molecule has 2 unspecified atom stereocenters. The lowest BCUT2D eigenvalue weighted by atomic mass is 9.94. The molecular weight excluding hydrogens is 154 g/mol. The molecule has 0 aromatic heterocycles. The lowest BCUT2D eigenvalue weighted by Gasteiger charge is -2.26. The molecule has 0 aliphatic carbocycles. The van der Waals surface area contributed by atoms with Crippen molar-refractivity contribution in [3.05, 3.63) is 0 Å². The van der Waals surface area contributed by atoms with Crippen LogP contribution in [0.4, 0.5) is 0 Å². The van der Waals surface area contributed by atoms with Crippen molar-refractivity contribution < 1.29 is 9.53 Å². The van der Waals surface area contributed by atoms with Gasteiger partial charge in [-0.05, 0) is 26.7 Å². The standard InChI is InChI=1S/C9H17NO2/c1-7-4-5-9(10-7,6-12-3)8(2)11/h7,10H,4-6H2,1-3H3. The fraction of sp³-hybridized carbons (Fsp3) is 0.889. The molecule has 0 bridgehead atoms. The molecule has 1 saturated heterocycles. The summed E-state index contributed by atoms with van der Waals surface area (Å²) in [6.07, 6.45) is 1.96. The van der Waals surface area contributed by atoms with E-state index in [1.54, 1.807) is 14.0 Å². The molecule has 1 rings (SSSR count). The molecule has 0 saturated carbocycles. The Labute approximate surface area is 73.5 Å². The Morgan fingerprint density at radius 3 is 2.75 bits per heavy atom. The van der Waals surface area contributed by atoms with E-state index < -0.39 is 5.54 Å². The average Bonchev–Trinajstić information content (AvgIpc) is 2.34. The highest BCUT2D eigenvalue weighted by Gasteiger charge is 2.40. The number of nitrogens with one attached hydrogen (secondary N) is 1. The zero-order valence-corrected chi connectivity index (χ0v) is 8.02. The second kappa shape index (κ2) is 3.54. The van der Waals surface area contributed by atoms with Crippen molar-refractivity contribution in [3.8, 4) is 0 Å². The van der Waals surface area contributed by atoms with Crippen LogP contribution < -0.4 is 5.32 Å². The van der Waals surface area contributed by atoms with Gasteiger partial charge in [0.15, 0.2) is 5.78 Å². The Morgan fingerprint density at radius 1 is 1.75 bits per heavy atom. The minimum Gasteiger partial charge on any atom is -0.382 e. The van der Waals surface area contributed by atoms with Crippen molar-refractivity contribution >= 4 is 5.78 Å². The maximum Gasteiger partial charge on any atom is 0.152 e. The normalized spacial score (nSPS) is 35.4. The lowest BCUT2D eigenvalue weighted by molar-refractivity contribution is -0.124. The van der Waals surface area contributed by atoms with Gasteiger partial charge in [-0.15, -0.1) is 0 Å². The van der Waals surface area contributed by atoms with Crippen molar-refractivity contribution in [3.63, 3.8) is 0 Å². The summed E-state index contributed by atoms with van der Waals surface area (Å²) in [5.41, 5.74) is -0.395. The van der Waals surface area contributed by atoms with Gasteiger partial charge in [0.1, 0.15) is 5.54 Å². The Balaban J connectivity index is 2.67. The summed E-state index contributed by atoms with van der Waals surface area (Å²) in [6, 6.07) is 0.434.